The molecule has 9 nitrogen and oxygen atoms in total. The first-order chi connectivity index (χ1) is 17.8. The smallest absolute Gasteiger partial charge is 0.255 e. The van der Waals surface area contributed by atoms with Gasteiger partial charge in [-0.2, -0.15) is 0 Å². The zero-order valence-corrected chi connectivity index (χ0v) is 22.7. The van der Waals surface area contributed by atoms with Crippen LogP contribution in [0.2, 0.25) is 0 Å². The summed E-state index contributed by atoms with van der Waals surface area (Å²) in [6.07, 6.45) is 3.49. The highest BCUT2D eigenvalue weighted by Gasteiger charge is 2.64. The number of primary amides is 1. The lowest BCUT2D eigenvalue weighted by Gasteiger charge is -2.50. The number of rotatable bonds is 7. The van der Waals surface area contributed by atoms with Gasteiger partial charge in [-0.25, -0.2) is 0 Å². The normalized spacial score (nSPS) is 27.1. The molecule has 0 unspecified atom stereocenters. The van der Waals surface area contributed by atoms with Crippen molar-refractivity contribution in [2.75, 3.05) is 14.1 Å². The van der Waals surface area contributed by atoms with Gasteiger partial charge in [0.2, 0.25) is 5.78 Å². The van der Waals surface area contributed by atoms with Crippen LogP contribution in [0.1, 0.15) is 62.3 Å². The first-order valence-corrected chi connectivity index (χ1v) is 13.3. The van der Waals surface area contributed by atoms with Crippen molar-refractivity contribution in [3.63, 3.8) is 0 Å². The molecule has 6 N–H and O–H groups in total. The number of aliphatic hydroxyl groups excluding tert-OH is 2. The quantitative estimate of drug-likeness (QED) is 0.339. The number of aliphatic hydroxyl groups is 3. The fourth-order valence-corrected chi connectivity index (χ4v) is 6.66. The van der Waals surface area contributed by atoms with Crippen molar-refractivity contribution in [3.8, 4) is 5.75 Å². The van der Waals surface area contributed by atoms with Crippen LogP contribution >= 0.6 is 0 Å². The zero-order chi connectivity index (χ0) is 28.3. The van der Waals surface area contributed by atoms with E-state index in [1.807, 2.05) is 13.0 Å². The third kappa shape index (κ3) is 4.03. The fourth-order valence-electron chi connectivity index (χ4n) is 6.66. The Morgan fingerprint density at radius 1 is 1.18 bits per heavy atom. The number of nitrogens with two attached hydrogens (primary N) is 1. The minimum atomic E-state index is -2.62. The van der Waals surface area contributed by atoms with Crippen molar-refractivity contribution in [1.82, 2.24) is 4.90 Å². The Labute approximate surface area is 222 Å². The molecular formula is C29H38N2O7. The second-order valence-electron chi connectivity index (χ2n) is 11.5. The average molecular weight is 527 g/mol. The van der Waals surface area contributed by atoms with Crippen molar-refractivity contribution >= 4 is 23.2 Å². The van der Waals surface area contributed by atoms with E-state index in [0.29, 0.717) is 30.7 Å². The third-order valence-electron chi connectivity index (χ3n) is 8.50. The molecule has 4 rings (SSSR count). The maximum absolute atomic E-state index is 14.0. The standard InChI is InChI=1S/C29H38N2O7/c1-6-14-10-15(9-7-8-13(2)3)23(32)20-17(14)11-16-12-18-22(31(4)5)25(34)21(28(30)37)27(36)29(18,38)26(35)19(16)24(20)33/h10,13,16,18,22,32-33,36,38H,6-9,11-12H2,1-5H3,(H2,30,37)/t16-,18-,22-,29-/m0/s1. The third-order valence-corrected chi connectivity index (χ3v) is 8.50. The number of likely N-dealkylation sites (N-methyl/N-ethyl adjacent to an activating group) is 1. The summed E-state index contributed by atoms with van der Waals surface area (Å²) in [6, 6.07) is 0.878. The molecule has 1 aromatic rings. The Morgan fingerprint density at radius 2 is 1.84 bits per heavy atom. The van der Waals surface area contributed by atoms with Crippen LogP contribution < -0.4 is 5.73 Å². The maximum Gasteiger partial charge on any atom is 0.255 e. The number of aromatic hydroxyl groups is 1. The van der Waals surface area contributed by atoms with Gasteiger partial charge >= 0.3 is 0 Å². The van der Waals surface area contributed by atoms with Crippen molar-refractivity contribution in [3.05, 3.63) is 45.2 Å². The van der Waals surface area contributed by atoms with Gasteiger partial charge in [-0.1, -0.05) is 33.3 Å². The highest BCUT2D eigenvalue weighted by molar-refractivity contribution is 6.24. The zero-order valence-electron chi connectivity index (χ0n) is 22.7. The van der Waals surface area contributed by atoms with Gasteiger partial charge < -0.3 is 26.2 Å². The summed E-state index contributed by atoms with van der Waals surface area (Å²) in [5.41, 5.74) is 4.38. The van der Waals surface area contributed by atoms with E-state index in [1.54, 1.807) is 14.1 Å². The lowest BCUT2D eigenvalue weighted by molar-refractivity contribution is -0.153. The van der Waals surface area contributed by atoms with Crippen LogP contribution in [0.5, 0.6) is 5.75 Å². The molecule has 0 heterocycles. The Bertz CT molecular complexity index is 1280. The molecule has 1 aromatic carbocycles. The Kier molecular flexibility index (Phi) is 7.22. The lowest BCUT2D eigenvalue weighted by atomic mass is 9.57. The van der Waals surface area contributed by atoms with Gasteiger partial charge in [-0.3, -0.25) is 19.3 Å². The maximum atomic E-state index is 14.0. The second-order valence-corrected chi connectivity index (χ2v) is 11.5. The number of fused-ring (bicyclic) bond motifs is 3. The molecule has 3 aliphatic carbocycles. The number of ketones is 2. The molecule has 4 atom stereocenters. The minimum absolute atomic E-state index is 0.0890. The van der Waals surface area contributed by atoms with Crippen molar-refractivity contribution in [2.45, 2.75) is 70.9 Å². The molecule has 9 heteroatoms. The number of benzene rings is 1. The van der Waals surface area contributed by atoms with E-state index >= 15 is 0 Å². The number of phenolic OH excluding ortho intramolecular Hbond substituents is 1. The monoisotopic (exact) mass is 526 g/mol. The molecule has 0 aliphatic heterocycles. The van der Waals surface area contributed by atoms with Crippen LogP contribution in [0.25, 0.3) is 5.76 Å². The van der Waals surface area contributed by atoms with Crippen LogP contribution in [0.15, 0.2) is 23.0 Å². The summed E-state index contributed by atoms with van der Waals surface area (Å²) in [6.45, 7) is 6.24. The van der Waals surface area contributed by atoms with Gasteiger partial charge in [0.15, 0.2) is 11.4 Å². The van der Waals surface area contributed by atoms with E-state index in [4.69, 9.17) is 5.73 Å². The molecule has 1 fully saturated rings. The minimum Gasteiger partial charge on any atom is -0.508 e. The number of nitrogens with zero attached hydrogens (tertiary/aromatic N) is 1. The van der Waals surface area contributed by atoms with Crippen LogP contribution in [0, 0.1) is 17.8 Å². The molecule has 206 valence electrons. The van der Waals surface area contributed by atoms with Gasteiger partial charge in [0, 0.05) is 11.5 Å². The molecule has 0 bridgehead atoms. The van der Waals surface area contributed by atoms with Crippen LogP contribution in [-0.2, 0) is 33.6 Å². The van der Waals surface area contributed by atoms with Crippen LogP contribution in [0.4, 0.5) is 0 Å². The van der Waals surface area contributed by atoms with E-state index in [0.717, 1.165) is 24.0 Å². The number of aryl methyl sites for hydroxylation is 2. The van der Waals surface area contributed by atoms with Gasteiger partial charge in [0.05, 0.1) is 11.6 Å². The molecule has 1 amide bonds. The molecule has 0 aromatic heterocycles. The fraction of sp³-hybridized carbons (Fsp3) is 0.552. The van der Waals surface area contributed by atoms with Crippen LogP contribution in [0.3, 0.4) is 0 Å². The van der Waals surface area contributed by atoms with Gasteiger partial charge in [-0.15, -0.1) is 0 Å². The van der Waals surface area contributed by atoms with E-state index in [-0.39, 0.29) is 23.3 Å². The molecule has 0 saturated heterocycles. The predicted molar refractivity (Wildman–Crippen MR) is 141 cm³/mol. The molecule has 0 spiro atoms. The molecule has 0 radical (unpaired) electrons. The Balaban J connectivity index is 1.91. The summed E-state index contributed by atoms with van der Waals surface area (Å²) in [7, 11) is 3.17. The highest BCUT2D eigenvalue weighted by atomic mass is 16.3. The number of amides is 1. The number of carbonyl (C=O) groups is 3. The summed E-state index contributed by atoms with van der Waals surface area (Å²) in [5.74, 6) is -5.71. The van der Waals surface area contributed by atoms with Crippen molar-refractivity contribution < 1.29 is 34.8 Å². The molecular weight excluding hydrogens is 488 g/mol. The number of carbonyl (C=O) groups excluding carboxylic acids is 3. The molecule has 3 aliphatic rings. The highest BCUT2D eigenvalue weighted by Crippen LogP contribution is 2.53. The number of phenols is 1. The van der Waals surface area contributed by atoms with Crippen molar-refractivity contribution in [1.29, 1.82) is 0 Å². The molecule has 1 saturated carbocycles. The van der Waals surface area contributed by atoms with Crippen LogP contribution in [-0.4, -0.2) is 68.5 Å². The van der Waals surface area contributed by atoms with E-state index in [9.17, 15) is 34.8 Å². The van der Waals surface area contributed by atoms with Gasteiger partial charge in [0.1, 0.15) is 22.8 Å². The van der Waals surface area contributed by atoms with E-state index < -0.39 is 58.0 Å². The Hall–Kier alpha value is -3.17. The first-order valence-electron chi connectivity index (χ1n) is 13.3. The number of hydrogen-bond donors (Lipinski definition) is 5. The topological polar surface area (TPSA) is 161 Å². The van der Waals surface area contributed by atoms with Gasteiger partial charge in [-0.05, 0) is 74.7 Å². The lowest BCUT2D eigenvalue weighted by Crippen LogP contribution is -2.65. The summed E-state index contributed by atoms with van der Waals surface area (Å²) in [4.78, 5) is 40.7. The second kappa shape index (κ2) is 9.85. The predicted octanol–water partition coefficient (Wildman–Crippen LogP) is 2.51. The Morgan fingerprint density at radius 3 is 2.39 bits per heavy atom. The SMILES string of the molecule is CCc1cc(CCCC(C)C)c(O)c2c1C[C@H]1C[C@H]3[C@H](N(C)C)C(=O)C(C(N)=O)=C(O)[C@@]3(O)C(=O)C1=C2O. The first kappa shape index (κ1) is 27.9. The summed E-state index contributed by atoms with van der Waals surface area (Å²) < 4.78 is 0. The van der Waals surface area contributed by atoms with Crippen molar-refractivity contribution in [2.24, 2.45) is 23.5 Å². The number of hydrogen-bond acceptors (Lipinski definition) is 8. The van der Waals surface area contributed by atoms with E-state index in [1.165, 1.54) is 4.90 Å². The largest absolute Gasteiger partial charge is 0.508 e. The summed E-state index contributed by atoms with van der Waals surface area (Å²) >= 11 is 0. The van der Waals surface area contributed by atoms with Gasteiger partial charge in [0.25, 0.3) is 5.91 Å². The van der Waals surface area contributed by atoms with E-state index in [2.05, 4.69) is 13.8 Å². The average Bonchev–Trinajstić information content (AvgIpc) is 2.82. The molecule has 38 heavy (non-hydrogen) atoms. The number of Topliss-reactive ketones (excluding diaryl/α,β-unsaturated/α-hetero) is 2. The summed E-state index contributed by atoms with van der Waals surface area (Å²) in [5, 5.41) is 45.4.